The van der Waals surface area contributed by atoms with E-state index in [1.807, 2.05) is 42.1 Å². The third-order valence-electron chi connectivity index (χ3n) is 5.15. The molecule has 5 heteroatoms. The van der Waals surface area contributed by atoms with Crippen LogP contribution in [-0.2, 0) is 13.0 Å². The number of fused-ring (bicyclic) bond motifs is 1. The predicted molar refractivity (Wildman–Crippen MR) is 110 cm³/mol. The minimum Gasteiger partial charge on any atom is -0.343 e. The first kappa shape index (κ1) is 17.3. The van der Waals surface area contributed by atoms with Gasteiger partial charge in [0.2, 0.25) is 0 Å². The zero-order valence-electron chi connectivity index (χ0n) is 13.9. The lowest BCUT2D eigenvalue weighted by molar-refractivity contribution is 0.377. The summed E-state index contributed by atoms with van der Waals surface area (Å²) in [5, 5.41) is 5.22. The molecule has 2 aromatic rings. The van der Waals surface area contributed by atoms with Gasteiger partial charge >= 0.3 is 0 Å². The van der Waals surface area contributed by atoms with Crippen molar-refractivity contribution in [2.75, 3.05) is 16.8 Å². The molecule has 25 heavy (non-hydrogen) atoms. The van der Waals surface area contributed by atoms with Gasteiger partial charge in [0.15, 0.2) is 0 Å². The molecule has 1 saturated heterocycles. The van der Waals surface area contributed by atoms with Crippen molar-refractivity contribution in [3.05, 3.63) is 63.6 Å². The highest BCUT2D eigenvalue weighted by Gasteiger charge is 2.41. The van der Waals surface area contributed by atoms with Crippen LogP contribution in [0.25, 0.3) is 0 Å². The molecule has 0 aliphatic carbocycles. The van der Waals surface area contributed by atoms with Gasteiger partial charge in [0.05, 0.1) is 6.54 Å². The number of rotatable bonds is 2. The average Bonchev–Trinajstić information content (AvgIpc) is 2.62. The number of halogens is 2. The third kappa shape index (κ3) is 3.55. The van der Waals surface area contributed by atoms with Crippen LogP contribution in [0.4, 0.5) is 5.69 Å². The van der Waals surface area contributed by atoms with Crippen LogP contribution in [0.15, 0.2) is 47.5 Å². The van der Waals surface area contributed by atoms with Crippen LogP contribution in [0.5, 0.6) is 0 Å². The first-order valence-electron chi connectivity index (χ1n) is 8.58. The van der Waals surface area contributed by atoms with Crippen molar-refractivity contribution in [2.45, 2.75) is 25.8 Å². The van der Waals surface area contributed by atoms with Crippen LogP contribution >= 0.6 is 35.0 Å². The Morgan fingerprint density at radius 2 is 1.88 bits per heavy atom. The Kier molecular flexibility index (Phi) is 4.99. The summed E-state index contributed by atoms with van der Waals surface area (Å²) in [5.41, 5.74) is 3.56. The summed E-state index contributed by atoms with van der Waals surface area (Å²) in [6, 6.07) is 14.0. The van der Waals surface area contributed by atoms with Gasteiger partial charge in [-0.05, 0) is 66.2 Å². The lowest BCUT2D eigenvalue weighted by Gasteiger charge is -2.42. The molecular formula is C20H20Cl2N2S. The lowest BCUT2D eigenvalue weighted by Crippen LogP contribution is -2.44. The van der Waals surface area contributed by atoms with E-state index in [0.717, 1.165) is 46.4 Å². The summed E-state index contributed by atoms with van der Waals surface area (Å²) < 4.78 is 0. The molecule has 1 N–H and O–H groups in total. The molecule has 0 unspecified atom stereocenters. The number of nitrogens with zero attached hydrogens (tertiary/aromatic N) is 1. The van der Waals surface area contributed by atoms with Crippen LogP contribution in [0.1, 0.15) is 24.0 Å². The monoisotopic (exact) mass is 390 g/mol. The second-order valence-corrected chi connectivity index (χ2v) is 8.82. The van der Waals surface area contributed by atoms with E-state index in [2.05, 4.69) is 17.4 Å². The van der Waals surface area contributed by atoms with E-state index < -0.39 is 0 Å². The van der Waals surface area contributed by atoms with Crippen molar-refractivity contribution in [1.82, 2.24) is 0 Å². The highest BCUT2D eigenvalue weighted by atomic mass is 35.5. The van der Waals surface area contributed by atoms with Crippen molar-refractivity contribution >= 4 is 46.5 Å². The summed E-state index contributed by atoms with van der Waals surface area (Å²) >= 11 is 14.6. The third-order valence-corrected chi connectivity index (χ3v) is 6.72. The van der Waals surface area contributed by atoms with Gasteiger partial charge in [-0.1, -0.05) is 41.4 Å². The smallest absolute Gasteiger partial charge is 0.108 e. The van der Waals surface area contributed by atoms with Crippen LogP contribution in [-0.4, -0.2) is 17.3 Å². The maximum atomic E-state index is 6.48. The fourth-order valence-electron chi connectivity index (χ4n) is 3.73. The minimum atomic E-state index is 0.0851. The summed E-state index contributed by atoms with van der Waals surface area (Å²) in [7, 11) is 0. The van der Waals surface area contributed by atoms with Gasteiger partial charge in [-0.3, -0.25) is 4.99 Å². The van der Waals surface area contributed by atoms with Gasteiger partial charge in [0, 0.05) is 21.1 Å². The molecule has 2 nitrogen and oxygen atoms in total. The molecule has 0 saturated carbocycles. The predicted octanol–water partition coefficient (Wildman–Crippen LogP) is 6.07. The first-order valence-corrected chi connectivity index (χ1v) is 10.5. The van der Waals surface area contributed by atoms with Crippen molar-refractivity contribution < 1.29 is 0 Å². The average molecular weight is 391 g/mol. The number of aliphatic imine (C=N–C) groups is 1. The Morgan fingerprint density at radius 3 is 2.68 bits per heavy atom. The lowest BCUT2D eigenvalue weighted by atomic mass is 9.73. The van der Waals surface area contributed by atoms with Gasteiger partial charge in [0.25, 0.3) is 0 Å². The van der Waals surface area contributed by atoms with Gasteiger partial charge in [-0.15, -0.1) is 0 Å². The van der Waals surface area contributed by atoms with E-state index in [4.69, 9.17) is 28.2 Å². The van der Waals surface area contributed by atoms with Crippen molar-refractivity contribution in [3.8, 4) is 0 Å². The van der Waals surface area contributed by atoms with E-state index in [1.165, 1.54) is 17.1 Å². The Hall–Kier alpha value is -1.16. The highest BCUT2D eigenvalue weighted by Crippen LogP contribution is 2.45. The second-order valence-electron chi connectivity index (χ2n) is 6.76. The molecule has 2 heterocycles. The molecule has 4 rings (SSSR count). The summed E-state index contributed by atoms with van der Waals surface area (Å²) in [5.74, 6) is 3.47. The largest absolute Gasteiger partial charge is 0.343 e. The maximum Gasteiger partial charge on any atom is 0.108 e. The quantitative estimate of drug-likeness (QED) is 0.672. The SMILES string of the molecule is Clc1cccc(CN=C2Nc3cccc(Cl)c3CC23CCSCC3)c1. The van der Waals surface area contributed by atoms with E-state index in [-0.39, 0.29) is 5.41 Å². The molecule has 0 bridgehead atoms. The Labute approximate surface area is 163 Å². The number of anilines is 1. The Bertz CT molecular complexity index is 813. The molecule has 1 fully saturated rings. The van der Waals surface area contributed by atoms with Crippen molar-refractivity contribution in [1.29, 1.82) is 0 Å². The van der Waals surface area contributed by atoms with Gasteiger partial charge in [0.1, 0.15) is 5.84 Å². The summed E-state index contributed by atoms with van der Waals surface area (Å²) in [4.78, 5) is 4.99. The van der Waals surface area contributed by atoms with Gasteiger partial charge in [-0.2, -0.15) is 11.8 Å². The number of hydrogen-bond donors (Lipinski definition) is 1. The normalized spacial score (nSPS) is 20.3. The maximum absolute atomic E-state index is 6.48. The zero-order chi connectivity index (χ0) is 17.3. The van der Waals surface area contributed by atoms with Crippen molar-refractivity contribution in [3.63, 3.8) is 0 Å². The topological polar surface area (TPSA) is 24.4 Å². The molecule has 2 aromatic carbocycles. The van der Waals surface area contributed by atoms with Crippen LogP contribution in [0.3, 0.4) is 0 Å². The van der Waals surface area contributed by atoms with E-state index in [1.54, 1.807) is 0 Å². The van der Waals surface area contributed by atoms with Crippen LogP contribution in [0, 0.1) is 5.41 Å². The van der Waals surface area contributed by atoms with E-state index in [0.29, 0.717) is 6.54 Å². The number of amidine groups is 1. The first-order chi connectivity index (χ1) is 12.2. The molecular weight excluding hydrogens is 371 g/mol. The minimum absolute atomic E-state index is 0.0851. The standard InChI is InChI=1S/C20H20Cl2N2S/c21-15-4-1-3-14(11-15)13-23-19-20(7-9-25-10-8-20)12-16-17(22)5-2-6-18(16)24-19/h1-6,11H,7-10,12-13H2,(H,23,24). The molecule has 0 amide bonds. The number of nitrogens with one attached hydrogen (secondary N) is 1. The molecule has 2 aliphatic rings. The number of benzene rings is 2. The zero-order valence-corrected chi connectivity index (χ0v) is 16.2. The van der Waals surface area contributed by atoms with E-state index >= 15 is 0 Å². The summed E-state index contributed by atoms with van der Waals surface area (Å²) in [6.45, 7) is 0.647. The number of thioether (sulfide) groups is 1. The fraction of sp³-hybridized carbons (Fsp3) is 0.350. The molecule has 0 radical (unpaired) electrons. The number of hydrogen-bond acceptors (Lipinski definition) is 2. The van der Waals surface area contributed by atoms with Crippen LogP contribution in [0.2, 0.25) is 10.0 Å². The van der Waals surface area contributed by atoms with Crippen molar-refractivity contribution in [2.24, 2.45) is 10.4 Å². The fourth-order valence-corrected chi connectivity index (χ4v) is 5.45. The Balaban J connectivity index is 1.69. The highest BCUT2D eigenvalue weighted by molar-refractivity contribution is 7.99. The van der Waals surface area contributed by atoms with Crippen LogP contribution < -0.4 is 5.32 Å². The Morgan fingerprint density at radius 1 is 1.08 bits per heavy atom. The molecule has 1 spiro atoms. The molecule has 130 valence electrons. The van der Waals surface area contributed by atoms with E-state index in [9.17, 15) is 0 Å². The molecule has 0 aromatic heterocycles. The van der Waals surface area contributed by atoms with Gasteiger partial charge < -0.3 is 5.32 Å². The molecule has 2 aliphatic heterocycles. The summed E-state index contributed by atoms with van der Waals surface area (Å²) in [6.07, 6.45) is 3.26. The van der Waals surface area contributed by atoms with Gasteiger partial charge in [-0.25, -0.2) is 0 Å². The molecule has 0 atom stereocenters. The second kappa shape index (κ2) is 7.22.